The molecular weight excluding hydrogens is 122 g/mol. The molecule has 1 fully saturated rings. The maximum atomic E-state index is 10.2. The highest BCUT2D eigenvalue weighted by atomic mass is 16.4. The lowest BCUT2D eigenvalue weighted by Crippen LogP contribution is -2.70. The molecule has 1 rings (SSSR count). The van der Waals surface area contributed by atoms with E-state index in [1.165, 1.54) is 0 Å². The van der Waals surface area contributed by atoms with Crippen LogP contribution in [-0.2, 0) is 4.79 Å². The summed E-state index contributed by atoms with van der Waals surface area (Å²) in [6.07, 6.45) is 0. The average molecular weight is 131 g/mol. The van der Waals surface area contributed by atoms with Gasteiger partial charge in [-0.3, -0.25) is 0 Å². The van der Waals surface area contributed by atoms with Crippen molar-refractivity contribution in [3.05, 3.63) is 0 Å². The van der Waals surface area contributed by atoms with Crippen LogP contribution in [0, 0.1) is 0 Å². The normalized spacial score (nSPS) is 41.8. The fourth-order valence-electron chi connectivity index (χ4n) is 0.760. The minimum absolute atomic E-state index is 0.156. The van der Waals surface area contributed by atoms with E-state index in [4.69, 9.17) is 10.2 Å². The van der Waals surface area contributed by atoms with Gasteiger partial charge in [0.1, 0.15) is 0 Å². The molecule has 1 aliphatic rings. The van der Waals surface area contributed by atoms with Gasteiger partial charge in [0.2, 0.25) is 0 Å². The molecule has 1 unspecified atom stereocenters. The van der Waals surface area contributed by atoms with E-state index < -0.39 is 11.6 Å². The lowest BCUT2D eigenvalue weighted by Gasteiger charge is -2.40. The van der Waals surface area contributed by atoms with Crippen molar-refractivity contribution >= 4 is 5.97 Å². The second kappa shape index (κ2) is 1.68. The van der Waals surface area contributed by atoms with Gasteiger partial charge in [0.05, 0.1) is 0 Å². The highest BCUT2D eigenvalue weighted by molar-refractivity contribution is 5.79. The molecule has 4 heteroatoms. The number of aliphatic hydroxyl groups is 1. The topological polar surface area (TPSA) is 69.6 Å². The van der Waals surface area contributed by atoms with Crippen LogP contribution in [0.15, 0.2) is 0 Å². The molecule has 1 saturated heterocycles. The minimum atomic E-state index is -1.51. The summed E-state index contributed by atoms with van der Waals surface area (Å²) in [5.41, 5.74) is -1.51. The molecule has 0 aliphatic carbocycles. The monoisotopic (exact) mass is 131 g/mol. The molecule has 4 nitrogen and oxygen atoms in total. The zero-order valence-corrected chi connectivity index (χ0v) is 5.09. The smallest absolute Gasteiger partial charge is 0.338 e. The van der Waals surface area contributed by atoms with E-state index in [2.05, 4.69) is 5.32 Å². The van der Waals surface area contributed by atoms with Crippen LogP contribution in [0.3, 0.4) is 0 Å². The molecule has 9 heavy (non-hydrogen) atoms. The first-order valence-electron chi connectivity index (χ1n) is 2.76. The molecule has 1 aliphatic heterocycles. The Labute approximate surface area is 52.5 Å². The maximum absolute atomic E-state index is 10.2. The molecule has 0 bridgehead atoms. The first kappa shape index (κ1) is 6.51. The molecule has 0 aromatic heterocycles. The SMILES string of the molecule is C[C@H]1NCC1(O)C(=O)O. The van der Waals surface area contributed by atoms with Crippen LogP contribution in [0.2, 0.25) is 0 Å². The van der Waals surface area contributed by atoms with Gasteiger partial charge in [-0.25, -0.2) is 4.79 Å². The van der Waals surface area contributed by atoms with Gasteiger partial charge >= 0.3 is 5.97 Å². The fourth-order valence-corrected chi connectivity index (χ4v) is 0.760. The summed E-state index contributed by atoms with van der Waals surface area (Å²) >= 11 is 0. The van der Waals surface area contributed by atoms with E-state index in [0.29, 0.717) is 0 Å². The van der Waals surface area contributed by atoms with Gasteiger partial charge in [-0.1, -0.05) is 0 Å². The lowest BCUT2D eigenvalue weighted by atomic mass is 9.88. The number of nitrogens with one attached hydrogen (secondary N) is 1. The number of β-amino-alcohol motifs (C(OH)–C–C–N with tert-alkyl or cyclic N) is 1. The van der Waals surface area contributed by atoms with Gasteiger partial charge in [-0.15, -0.1) is 0 Å². The number of aliphatic carboxylic acids is 1. The molecule has 0 aromatic carbocycles. The summed E-state index contributed by atoms with van der Waals surface area (Å²) in [4.78, 5) is 10.2. The lowest BCUT2D eigenvalue weighted by molar-refractivity contribution is -0.169. The van der Waals surface area contributed by atoms with Crippen LogP contribution in [0.1, 0.15) is 6.92 Å². The van der Waals surface area contributed by atoms with E-state index in [0.717, 1.165) is 0 Å². The Hall–Kier alpha value is -0.610. The minimum Gasteiger partial charge on any atom is -0.479 e. The number of carboxylic acid groups (broad SMARTS) is 1. The van der Waals surface area contributed by atoms with Crippen LogP contribution in [-0.4, -0.2) is 34.4 Å². The largest absolute Gasteiger partial charge is 0.479 e. The third-order valence-corrected chi connectivity index (χ3v) is 1.76. The molecule has 0 amide bonds. The molecule has 0 saturated carbocycles. The van der Waals surface area contributed by atoms with Crippen LogP contribution in [0.4, 0.5) is 0 Å². The Balaban J connectivity index is 2.64. The molecule has 1 heterocycles. The summed E-state index contributed by atoms with van der Waals surface area (Å²) in [6.45, 7) is 1.79. The second-order valence-corrected chi connectivity index (χ2v) is 2.33. The fraction of sp³-hybridized carbons (Fsp3) is 0.800. The predicted octanol–water partition coefficient (Wildman–Crippen LogP) is -1.21. The third-order valence-electron chi connectivity index (χ3n) is 1.76. The second-order valence-electron chi connectivity index (χ2n) is 2.33. The van der Waals surface area contributed by atoms with Gasteiger partial charge in [-0.2, -0.15) is 0 Å². The van der Waals surface area contributed by atoms with Crippen LogP contribution < -0.4 is 5.32 Å². The van der Waals surface area contributed by atoms with Gasteiger partial charge in [0, 0.05) is 12.6 Å². The van der Waals surface area contributed by atoms with E-state index in [1.54, 1.807) is 6.92 Å². The summed E-state index contributed by atoms with van der Waals surface area (Å²) in [7, 11) is 0. The summed E-state index contributed by atoms with van der Waals surface area (Å²) < 4.78 is 0. The molecule has 0 aromatic rings. The summed E-state index contributed by atoms with van der Waals surface area (Å²) in [5, 5.41) is 20.2. The Bertz CT molecular complexity index is 147. The molecule has 52 valence electrons. The van der Waals surface area contributed by atoms with Gasteiger partial charge in [0.15, 0.2) is 5.60 Å². The molecule has 2 atom stereocenters. The van der Waals surface area contributed by atoms with Crippen molar-refractivity contribution in [3.8, 4) is 0 Å². The highest BCUT2D eigenvalue weighted by Crippen LogP contribution is 2.17. The van der Waals surface area contributed by atoms with E-state index in [1.807, 2.05) is 0 Å². The van der Waals surface area contributed by atoms with Gasteiger partial charge in [-0.05, 0) is 6.92 Å². The van der Waals surface area contributed by atoms with Crippen molar-refractivity contribution in [1.82, 2.24) is 5.32 Å². The van der Waals surface area contributed by atoms with Crippen molar-refractivity contribution < 1.29 is 15.0 Å². The van der Waals surface area contributed by atoms with E-state index in [9.17, 15) is 4.79 Å². The van der Waals surface area contributed by atoms with Crippen LogP contribution in [0.5, 0.6) is 0 Å². The number of rotatable bonds is 1. The van der Waals surface area contributed by atoms with Crippen LogP contribution in [0.25, 0.3) is 0 Å². The summed E-state index contributed by atoms with van der Waals surface area (Å²) in [6, 6.07) is -0.324. The zero-order chi connectivity index (χ0) is 7.07. The third kappa shape index (κ3) is 0.710. The van der Waals surface area contributed by atoms with Crippen molar-refractivity contribution in [2.45, 2.75) is 18.6 Å². The molecule has 3 N–H and O–H groups in total. The Morgan fingerprint density at radius 3 is 2.44 bits per heavy atom. The van der Waals surface area contributed by atoms with Gasteiger partial charge < -0.3 is 15.5 Å². The zero-order valence-electron chi connectivity index (χ0n) is 5.09. The number of carboxylic acids is 1. The van der Waals surface area contributed by atoms with Crippen LogP contribution >= 0.6 is 0 Å². The van der Waals surface area contributed by atoms with Gasteiger partial charge in [0.25, 0.3) is 0 Å². The number of hydrogen-bond acceptors (Lipinski definition) is 3. The van der Waals surface area contributed by atoms with Crippen molar-refractivity contribution in [1.29, 1.82) is 0 Å². The quantitative estimate of drug-likeness (QED) is 0.418. The first-order chi connectivity index (χ1) is 4.07. The van der Waals surface area contributed by atoms with E-state index >= 15 is 0 Å². The first-order valence-corrected chi connectivity index (χ1v) is 2.76. The Morgan fingerprint density at radius 1 is 1.89 bits per heavy atom. The van der Waals surface area contributed by atoms with Crippen molar-refractivity contribution in [3.63, 3.8) is 0 Å². The van der Waals surface area contributed by atoms with E-state index in [-0.39, 0.29) is 12.6 Å². The molecular formula is C5H9NO3. The molecule has 0 radical (unpaired) electrons. The number of carbonyl (C=O) groups is 1. The Kier molecular flexibility index (Phi) is 1.22. The average Bonchev–Trinajstić information content (AvgIpc) is 1.82. The maximum Gasteiger partial charge on any atom is 0.338 e. The Morgan fingerprint density at radius 2 is 2.44 bits per heavy atom. The predicted molar refractivity (Wildman–Crippen MR) is 30.1 cm³/mol. The number of hydrogen-bond donors (Lipinski definition) is 3. The van der Waals surface area contributed by atoms with Crippen molar-refractivity contribution in [2.75, 3.05) is 6.54 Å². The van der Waals surface area contributed by atoms with Crippen molar-refractivity contribution in [2.24, 2.45) is 0 Å². The highest BCUT2D eigenvalue weighted by Gasteiger charge is 2.49. The molecule has 0 spiro atoms. The standard InChI is InChI=1S/C5H9NO3/c1-3-5(9,2-6-3)4(7)8/h3,6,9H,2H2,1H3,(H,7,8)/t3-,5?/m1/s1. The summed E-state index contributed by atoms with van der Waals surface area (Å²) in [5.74, 6) is -1.14.